The number of benzene rings is 1. The fourth-order valence-electron chi connectivity index (χ4n) is 1.69. The molecule has 1 aromatic rings. The Morgan fingerprint density at radius 3 is 2.62 bits per heavy atom. The van der Waals surface area contributed by atoms with Crippen LogP contribution in [-0.4, -0.2) is 43.2 Å². The van der Waals surface area contributed by atoms with Crippen molar-refractivity contribution in [2.45, 2.75) is 24.3 Å². The van der Waals surface area contributed by atoms with E-state index in [0.29, 0.717) is 6.29 Å². The van der Waals surface area contributed by atoms with Gasteiger partial charge in [0.05, 0.1) is 22.3 Å². The van der Waals surface area contributed by atoms with Crippen LogP contribution in [0.4, 0.5) is 16.2 Å². The van der Waals surface area contributed by atoms with Crippen LogP contribution < -0.4 is 11.2 Å². The number of rotatable bonds is 6. The van der Waals surface area contributed by atoms with Crippen LogP contribution in [0.25, 0.3) is 0 Å². The first-order valence-electron chi connectivity index (χ1n) is 5.99. The summed E-state index contributed by atoms with van der Waals surface area (Å²) in [7, 11) is -3.53. The third-order valence-electron chi connectivity index (χ3n) is 2.79. The number of nitrogens with two attached hydrogens (primary N) is 1. The van der Waals surface area contributed by atoms with Crippen molar-refractivity contribution in [1.29, 1.82) is 0 Å². The zero-order valence-electron chi connectivity index (χ0n) is 11.6. The molecule has 0 spiro atoms. The predicted octanol–water partition coefficient (Wildman–Crippen LogP) is 0.957. The van der Waals surface area contributed by atoms with E-state index in [-0.39, 0.29) is 22.7 Å². The lowest BCUT2D eigenvalue weighted by Crippen LogP contribution is -2.42. The number of carbonyl (C=O) groups is 2. The molecule has 1 rings (SSSR count). The van der Waals surface area contributed by atoms with Crippen molar-refractivity contribution in [3.63, 3.8) is 0 Å². The highest BCUT2D eigenvalue weighted by Gasteiger charge is 2.21. The van der Waals surface area contributed by atoms with Gasteiger partial charge in [0.15, 0.2) is 9.84 Å². The predicted molar refractivity (Wildman–Crippen MR) is 77.6 cm³/mol. The molecule has 9 heteroatoms. The van der Waals surface area contributed by atoms with Crippen LogP contribution in [-0.2, 0) is 14.6 Å². The minimum absolute atomic E-state index is 0.00896. The summed E-state index contributed by atoms with van der Waals surface area (Å²) in [6, 6.07) is 3.59. The van der Waals surface area contributed by atoms with Gasteiger partial charge in [0.25, 0.3) is 0 Å². The molecule has 0 aliphatic carbocycles. The number of nitrogens with one attached hydrogen (secondary N) is 1. The first-order valence-corrected chi connectivity index (χ1v) is 7.88. The zero-order valence-corrected chi connectivity index (χ0v) is 12.4. The summed E-state index contributed by atoms with van der Waals surface area (Å²) in [6.07, 6.45) is 0.282. The molecular formula is C12H17N3O5S. The van der Waals surface area contributed by atoms with Crippen LogP contribution in [0.15, 0.2) is 23.1 Å². The molecule has 0 aliphatic rings. The van der Waals surface area contributed by atoms with Crippen molar-refractivity contribution in [2.24, 2.45) is 0 Å². The number of carbonyl (C=O) groups excluding carboxylic acids is 1. The monoisotopic (exact) mass is 315 g/mol. The Kier molecular flexibility index (Phi) is 5.14. The number of carboxylic acid groups (broad SMARTS) is 1. The van der Waals surface area contributed by atoms with E-state index in [1.165, 1.54) is 25.1 Å². The molecule has 8 nitrogen and oxygen atoms in total. The Labute approximate surface area is 122 Å². The van der Waals surface area contributed by atoms with Gasteiger partial charge in [0.2, 0.25) is 0 Å². The fourth-order valence-corrected chi connectivity index (χ4v) is 2.52. The smallest absolute Gasteiger partial charge is 0.426 e. The maximum absolute atomic E-state index is 11.6. The number of aldehydes is 1. The molecule has 0 aliphatic heterocycles. The molecule has 0 heterocycles. The number of nitrogen functional groups attached to an aromatic ring is 1. The van der Waals surface area contributed by atoms with Crippen LogP contribution in [0.5, 0.6) is 0 Å². The lowest BCUT2D eigenvalue weighted by Gasteiger charge is -2.27. The lowest BCUT2D eigenvalue weighted by atomic mass is 10.2. The summed E-state index contributed by atoms with van der Waals surface area (Å²) in [4.78, 5) is 21.6. The van der Waals surface area contributed by atoms with Crippen molar-refractivity contribution < 1.29 is 23.1 Å². The number of para-hydroxylation sites is 1. The number of anilines is 2. The second-order valence-electron chi connectivity index (χ2n) is 4.51. The zero-order chi connectivity index (χ0) is 16.2. The summed E-state index contributed by atoms with van der Waals surface area (Å²) in [5.41, 5.74) is 8.35. The normalized spacial score (nSPS) is 12.5. The number of hydrazine groups is 1. The molecule has 0 aromatic heterocycles. The molecule has 1 unspecified atom stereocenters. The second kappa shape index (κ2) is 6.44. The molecule has 4 N–H and O–H groups in total. The number of nitrogens with zero attached hydrogens (tertiary/aromatic N) is 1. The minimum atomic E-state index is -3.53. The van der Waals surface area contributed by atoms with E-state index in [2.05, 4.69) is 5.43 Å². The summed E-state index contributed by atoms with van der Waals surface area (Å²) in [5.74, 6) is 0. The van der Waals surface area contributed by atoms with E-state index in [0.717, 1.165) is 11.3 Å². The lowest BCUT2D eigenvalue weighted by molar-refractivity contribution is -0.108. The van der Waals surface area contributed by atoms with E-state index in [4.69, 9.17) is 10.8 Å². The van der Waals surface area contributed by atoms with Crippen LogP contribution >= 0.6 is 0 Å². The largest absolute Gasteiger partial charge is 0.464 e. The van der Waals surface area contributed by atoms with Crippen molar-refractivity contribution in [1.82, 2.24) is 5.01 Å². The number of hydrogen-bond acceptors (Lipinski definition) is 6. The molecule has 1 aromatic carbocycles. The molecule has 21 heavy (non-hydrogen) atoms. The maximum Gasteiger partial charge on any atom is 0.426 e. The SMILES string of the molecule is CC(CC=O)N(Nc1cccc(S(C)(=O)=O)c1N)C(=O)O. The summed E-state index contributed by atoms with van der Waals surface area (Å²) in [6.45, 7) is 1.53. The summed E-state index contributed by atoms with van der Waals surface area (Å²) >= 11 is 0. The molecule has 1 amide bonds. The molecule has 0 radical (unpaired) electrons. The summed E-state index contributed by atoms with van der Waals surface area (Å²) in [5, 5.41) is 9.94. The highest BCUT2D eigenvalue weighted by molar-refractivity contribution is 7.90. The topological polar surface area (TPSA) is 130 Å². The molecular weight excluding hydrogens is 298 g/mol. The number of sulfone groups is 1. The highest BCUT2D eigenvalue weighted by atomic mass is 32.2. The van der Waals surface area contributed by atoms with Gasteiger partial charge >= 0.3 is 6.09 Å². The number of amides is 1. The van der Waals surface area contributed by atoms with Crippen LogP contribution in [0.2, 0.25) is 0 Å². The Morgan fingerprint density at radius 1 is 1.52 bits per heavy atom. The average molecular weight is 315 g/mol. The Hall–Kier alpha value is -2.29. The fraction of sp³-hybridized carbons (Fsp3) is 0.333. The molecule has 116 valence electrons. The molecule has 0 bridgehead atoms. The molecule has 0 saturated heterocycles. The standard InChI is InChI=1S/C12H17N3O5S/c1-8(6-7-16)15(12(17)18)14-9-4-3-5-10(11(9)13)21(2,19)20/h3-5,7-8,14H,6,13H2,1-2H3,(H,17,18). The third-order valence-corrected chi connectivity index (χ3v) is 3.95. The minimum Gasteiger partial charge on any atom is -0.464 e. The third kappa shape index (κ3) is 4.09. The van der Waals surface area contributed by atoms with Gasteiger partial charge in [-0.3, -0.25) is 5.43 Å². The van der Waals surface area contributed by atoms with Gasteiger partial charge in [-0.25, -0.2) is 18.2 Å². The van der Waals surface area contributed by atoms with Crippen LogP contribution in [0, 0.1) is 0 Å². The first kappa shape index (κ1) is 16.8. The van der Waals surface area contributed by atoms with Crippen LogP contribution in [0.3, 0.4) is 0 Å². The van der Waals surface area contributed by atoms with Gasteiger partial charge in [0.1, 0.15) is 6.29 Å². The molecule has 1 atom stereocenters. The maximum atomic E-state index is 11.6. The van der Waals surface area contributed by atoms with E-state index in [1.807, 2.05) is 0 Å². The van der Waals surface area contributed by atoms with Gasteiger partial charge in [-0.2, -0.15) is 0 Å². The van der Waals surface area contributed by atoms with Gasteiger partial charge in [-0.05, 0) is 19.1 Å². The summed E-state index contributed by atoms with van der Waals surface area (Å²) < 4.78 is 23.2. The Balaban J connectivity index is 3.17. The van der Waals surface area contributed by atoms with Gasteiger partial charge in [-0.15, -0.1) is 0 Å². The van der Waals surface area contributed by atoms with Crippen molar-refractivity contribution in [3.8, 4) is 0 Å². The highest BCUT2D eigenvalue weighted by Crippen LogP contribution is 2.27. The van der Waals surface area contributed by atoms with E-state index in [9.17, 15) is 18.0 Å². The number of hydrogen-bond donors (Lipinski definition) is 3. The van der Waals surface area contributed by atoms with Gasteiger partial charge in [-0.1, -0.05) is 6.07 Å². The average Bonchev–Trinajstić information content (AvgIpc) is 2.35. The Bertz CT molecular complexity index is 644. The second-order valence-corrected chi connectivity index (χ2v) is 6.49. The van der Waals surface area contributed by atoms with Crippen molar-refractivity contribution in [2.75, 3.05) is 17.4 Å². The van der Waals surface area contributed by atoms with Crippen molar-refractivity contribution in [3.05, 3.63) is 18.2 Å². The van der Waals surface area contributed by atoms with Crippen molar-refractivity contribution >= 4 is 33.6 Å². The van der Waals surface area contributed by atoms with Gasteiger partial charge in [0, 0.05) is 12.7 Å². The van der Waals surface area contributed by atoms with E-state index < -0.39 is 22.0 Å². The quantitative estimate of drug-likeness (QED) is 0.405. The molecule has 0 fully saturated rings. The van der Waals surface area contributed by atoms with E-state index in [1.54, 1.807) is 0 Å². The van der Waals surface area contributed by atoms with Crippen LogP contribution in [0.1, 0.15) is 13.3 Å². The van der Waals surface area contributed by atoms with Gasteiger partial charge < -0.3 is 15.6 Å². The Morgan fingerprint density at radius 2 is 2.14 bits per heavy atom. The first-order chi connectivity index (χ1) is 9.68. The molecule has 0 saturated carbocycles. The van der Waals surface area contributed by atoms with E-state index >= 15 is 0 Å².